The molecule has 0 amide bonds. The van der Waals surface area contributed by atoms with Crippen molar-refractivity contribution >= 4 is 15.7 Å². The number of rotatable bonds is 2. The van der Waals surface area contributed by atoms with E-state index in [0.29, 0.717) is 0 Å². The van der Waals surface area contributed by atoms with Crippen LogP contribution in [0.3, 0.4) is 0 Å². The molecule has 0 unspecified atom stereocenters. The molecule has 0 rings (SSSR count). The zero-order valence-corrected chi connectivity index (χ0v) is 4.57. The molecule has 0 aromatic heterocycles. The first-order chi connectivity index (χ1) is 2.91. The topological polar surface area (TPSA) is 0 Å². The zero-order valence-electron chi connectivity index (χ0n) is 4.57. The van der Waals surface area contributed by atoms with E-state index < -0.39 is 0 Å². The third kappa shape index (κ3) is 3.87. The van der Waals surface area contributed by atoms with Gasteiger partial charge < -0.3 is 0 Å². The fraction of sp³-hybridized carbons (Fsp3) is 0.500. The van der Waals surface area contributed by atoms with Gasteiger partial charge in [0.1, 0.15) is 15.7 Å². The Kier molecular flexibility index (Phi) is 4.76. The van der Waals surface area contributed by atoms with Crippen molar-refractivity contribution in [3.8, 4) is 0 Å². The highest BCUT2D eigenvalue weighted by Gasteiger charge is 1.61. The van der Waals surface area contributed by atoms with Crippen LogP contribution in [0.25, 0.3) is 0 Å². The third-order valence-corrected chi connectivity index (χ3v) is 0.638. The van der Waals surface area contributed by atoms with E-state index in [1.165, 1.54) is 12.6 Å². The van der Waals surface area contributed by atoms with Gasteiger partial charge in [-0.05, 0) is 0 Å². The molecule has 0 N–H and O–H groups in total. The van der Waals surface area contributed by atoms with Crippen molar-refractivity contribution in [3.05, 3.63) is 12.2 Å². The minimum Gasteiger partial charge on any atom is -0.0971 e. The summed E-state index contributed by atoms with van der Waals surface area (Å²) in [6.07, 6.45) is 6.71. The largest absolute Gasteiger partial charge is 0.106 e. The molecule has 0 aliphatic rings. The summed E-state index contributed by atoms with van der Waals surface area (Å²) in [5.41, 5.74) is 0. The van der Waals surface area contributed by atoms with Crippen LogP contribution in [0.5, 0.6) is 0 Å². The second-order valence-corrected chi connectivity index (χ2v) is 1.29. The van der Waals surface area contributed by atoms with Gasteiger partial charge in [-0.3, -0.25) is 0 Å². The molecule has 0 radical (unpaired) electrons. The second kappa shape index (κ2) is 4.87. The first-order valence-electron chi connectivity index (χ1n) is 2.56. The summed E-state index contributed by atoms with van der Waals surface area (Å²) in [7, 11) is 4.29. The van der Waals surface area contributed by atoms with E-state index >= 15 is 0 Å². The molecule has 0 heterocycles. The standard InChI is InChI=1S/C4H10B2/c5-3-1-2-4-6/h1-2H,3-6H2/b2-1-. The van der Waals surface area contributed by atoms with Gasteiger partial charge in [-0.1, -0.05) is 24.8 Å². The Morgan fingerprint density at radius 1 is 1.00 bits per heavy atom. The predicted molar refractivity (Wildman–Crippen MR) is 35.8 cm³/mol. The lowest BCUT2D eigenvalue weighted by Crippen LogP contribution is -1.58. The molecular weight excluding hydrogens is 69.7 g/mol. The fourth-order valence-electron chi connectivity index (χ4n) is 0.333. The van der Waals surface area contributed by atoms with Crippen molar-refractivity contribution < 1.29 is 0 Å². The van der Waals surface area contributed by atoms with Crippen LogP contribution < -0.4 is 0 Å². The smallest absolute Gasteiger partial charge is 0.0971 e. The van der Waals surface area contributed by atoms with Gasteiger partial charge in [-0.15, -0.1) is 0 Å². The van der Waals surface area contributed by atoms with E-state index in [2.05, 4.69) is 27.8 Å². The summed E-state index contributed by atoms with van der Waals surface area (Å²) in [5, 5.41) is 0. The van der Waals surface area contributed by atoms with Crippen LogP contribution in [-0.2, 0) is 0 Å². The maximum atomic E-state index is 2.18. The molecule has 0 bridgehead atoms. The molecule has 0 nitrogen and oxygen atoms in total. The van der Waals surface area contributed by atoms with E-state index in [-0.39, 0.29) is 0 Å². The van der Waals surface area contributed by atoms with Gasteiger partial charge in [0.15, 0.2) is 0 Å². The van der Waals surface area contributed by atoms with Crippen molar-refractivity contribution in [3.63, 3.8) is 0 Å². The highest BCUT2D eigenvalue weighted by molar-refractivity contribution is 6.10. The molecule has 0 spiro atoms. The molecule has 0 fully saturated rings. The van der Waals surface area contributed by atoms with Crippen LogP contribution in [0.15, 0.2) is 12.2 Å². The fourth-order valence-corrected chi connectivity index (χ4v) is 0.333. The lowest BCUT2D eigenvalue weighted by Gasteiger charge is -1.71. The van der Waals surface area contributed by atoms with Crippen molar-refractivity contribution in [2.75, 3.05) is 0 Å². The molecule has 32 valence electrons. The molecule has 2 heteroatoms. The Bertz CT molecular complexity index is 34.8. The number of hydrogen-bond acceptors (Lipinski definition) is 0. The lowest BCUT2D eigenvalue weighted by atomic mass is 10.0. The Hall–Kier alpha value is -0.130. The van der Waals surface area contributed by atoms with Crippen molar-refractivity contribution in [1.29, 1.82) is 0 Å². The highest BCUT2D eigenvalue weighted by Crippen LogP contribution is 1.78. The third-order valence-electron chi connectivity index (χ3n) is 0.638. The predicted octanol–water partition coefficient (Wildman–Crippen LogP) is -0.355. The minimum absolute atomic E-state index is 1.17. The second-order valence-electron chi connectivity index (χ2n) is 1.29. The normalized spacial score (nSPS) is 10.0. The average molecular weight is 79.7 g/mol. The van der Waals surface area contributed by atoms with Gasteiger partial charge in [0.2, 0.25) is 0 Å². The van der Waals surface area contributed by atoms with E-state index in [1.807, 2.05) is 0 Å². The van der Waals surface area contributed by atoms with Gasteiger partial charge in [0.05, 0.1) is 0 Å². The van der Waals surface area contributed by atoms with Crippen molar-refractivity contribution in [1.82, 2.24) is 0 Å². The van der Waals surface area contributed by atoms with Crippen molar-refractivity contribution in [2.45, 2.75) is 12.6 Å². The molecule has 0 aliphatic heterocycles. The zero-order chi connectivity index (χ0) is 4.83. The molecule has 6 heavy (non-hydrogen) atoms. The summed E-state index contributed by atoms with van der Waals surface area (Å²) in [4.78, 5) is 0. The average Bonchev–Trinajstić information content (AvgIpc) is 1.61. The number of hydrogen-bond donors (Lipinski definition) is 0. The van der Waals surface area contributed by atoms with Crippen LogP contribution in [0.2, 0.25) is 12.6 Å². The Morgan fingerprint density at radius 3 is 1.50 bits per heavy atom. The number of allylic oxidation sites excluding steroid dienone is 2. The van der Waals surface area contributed by atoms with E-state index in [9.17, 15) is 0 Å². The maximum absolute atomic E-state index is 2.18. The monoisotopic (exact) mass is 80.1 g/mol. The van der Waals surface area contributed by atoms with E-state index in [0.717, 1.165) is 0 Å². The first-order valence-corrected chi connectivity index (χ1v) is 2.56. The molecular formula is C4H10B2. The van der Waals surface area contributed by atoms with E-state index in [1.54, 1.807) is 0 Å². The lowest BCUT2D eigenvalue weighted by molar-refractivity contribution is 1.61. The van der Waals surface area contributed by atoms with Crippen LogP contribution >= 0.6 is 0 Å². The van der Waals surface area contributed by atoms with Crippen LogP contribution in [0.4, 0.5) is 0 Å². The SMILES string of the molecule is BC/C=C\CB. The first kappa shape index (κ1) is 5.87. The molecule has 0 saturated carbocycles. The van der Waals surface area contributed by atoms with Gasteiger partial charge in [0, 0.05) is 0 Å². The molecule has 0 aromatic rings. The molecule has 0 saturated heterocycles. The Balaban J connectivity index is 2.73. The summed E-state index contributed by atoms with van der Waals surface area (Å²) in [5.74, 6) is 0. The van der Waals surface area contributed by atoms with Crippen LogP contribution in [0, 0.1) is 0 Å². The van der Waals surface area contributed by atoms with E-state index in [4.69, 9.17) is 0 Å². The molecule has 0 aliphatic carbocycles. The summed E-state index contributed by atoms with van der Waals surface area (Å²) in [6, 6.07) is 0. The van der Waals surface area contributed by atoms with Crippen molar-refractivity contribution in [2.24, 2.45) is 0 Å². The minimum atomic E-state index is 1.17. The summed E-state index contributed by atoms with van der Waals surface area (Å²) in [6.45, 7) is 0. The summed E-state index contributed by atoms with van der Waals surface area (Å²) < 4.78 is 0. The highest BCUT2D eigenvalue weighted by atomic mass is 13.6. The quantitative estimate of drug-likeness (QED) is 0.314. The Morgan fingerprint density at radius 2 is 1.33 bits per heavy atom. The van der Waals surface area contributed by atoms with Gasteiger partial charge in [-0.2, -0.15) is 0 Å². The van der Waals surface area contributed by atoms with Gasteiger partial charge >= 0.3 is 0 Å². The van der Waals surface area contributed by atoms with Crippen LogP contribution in [0.1, 0.15) is 0 Å². The maximum Gasteiger partial charge on any atom is 0.106 e. The molecule has 0 aromatic carbocycles. The van der Waals surface area contributed by atoms with Gasteiger partial charge in [-0.25, -0.2) is 0 Å². The van der Waals surface area contributed by atoms with Crippen LogP contribution in [-0.4, -0.2) is 15.7 Å². The summed E-state index contributed by atoms with van der Waals surface area (Å²) >= 11 is 0. The Labute approximate surface area is 41.4 Å². The molecule has 0 atom stereocenters. The van der Waals surface area contributed by atoms with Gasteiger partial charge in [0.25, 0.3) is 0 Å².